The van der Waals surface area contributed by atoms with Crippen molar-refractivity contribution in [3.05, 3.63) is 23.2 Å². The van der Waals surface area contributed by atoms with Crippen molar-refractivity contribution in [2.24, 2.45) is 0 Å². The van der Waals surface area contributed by atoms with E-state index in [4.69, 9.17) is 4.42 Å². The molecule has 0 radical (unpaired) electrons. The highest BCUT2D eigenvalue weighted by molar-refractivity contribution is 5.23. The smallest absolute Gasteiger partial charge is 0.105 e. The molecule has 0 aliphatic carbocycles. The molecule has 1 aliphatic heterocycles. The Kier molecular flexibility index (Phi) is 4.69. The summed E-state index contributed by atoms with van der Waals surface area (Å²) in [4.78, 5) is 2.58. The molecule has 108 valence electrons. The first-order chi connectivity index (χ1) is 8.99. The van der Waals surface area contributed by atoms with Crippen LogP contribution in [-0.2, 0) is 0 Å². The molecule has 1 N–H and O–H groups in total. The van der Waals surface area contributed by atoms with Crippen molar-refractivity contribution in [3.8, 4) is 0 Å². The Morgan fingerprint density at radius 1 is 1.37 bits per heavy atom. The van der Waals surface area contributed by atoms with Crippen LogP contribution in [0, 0.1) is 13.8 Å². The Hall–Kier alpha value is -0.800. The molecule has 3 nitrogen and oxygen atoms in total. The van der Waals surface area contributed by atoms with Crippen LogP contribution in [0.25, 0.3) is 0 Å². The van der Waals surface area contributed by atoms with E-state index in [1.807, 2.05) is 6.92 Å². The van der Waals surface area contributed by atoms with Gasteiger partial charge in [-0.2, -0.15) is 0 Å². The lowest BCUT2D eigenvalue weighted by molar-refractivity contribution is 0.148. The van der Waals surface area contributed by atoms with Crippen molar-refractivity contribution in [2.75, 3.05) is 13.1 Å². The summed E-state index contributed by atoms with van der Waals surface area (Å²) in [6, 6.07) is 3.81. The van der Waals surface area contributed by atoms with Gasteiger partial charge in [0.25, 0.3) is 0 Å². The fourth-order valence-corrected chi connectivity index (χ4v) is 3.23. The van der Waals surface area contributed by atoms with Crippen molar-refractivity contribution in [1.82, 2.24) is 10.2 Å². The molecule has 0 bridgehead atoms. The Morgan fingerprint density at radius 2 is 2.11 bits per heavy atom. The SMILES string of the molecule is Cc1cc(C(C)N(CC2CCCN2)C(C)C)c(C)o1. The van der Waals surface area contributed by atoms with Gasteiger partial charge in [0.05, 0.1) is 0 Å². The zero-order valence-electron chi connectivity index (χ0n) is 13.0. The Bertz CT molecular complexity index is 405. The lowest BCUT2D eigenvalue weighted by Gasteiger charge is -2.34. The third-order valence-corrected chi connectivity index (χ3v) is 4.28. The second-order valence-corrected chi connectivity index (χ2v) is 6.13. The molecule has 1 aliphatic rings. The van der Waals surface area contributed by atoms with E-state index in [0.717, 1.165) is 18.1 Å². The average molecular weight is 264 g/mol. The van der Waals surface area contributed by atoms with E-state index in [1.165, 1.54) is 24.9 Å². The first-order valence-electron chi connectivity index (χ1n) is 7.55. The van der Waals surface area contributed by atoms with Crippen molar-refractivity contribution >= 4 is 0 Å². The molecule has 2 atom stereocenters. The molecule has 0 saturated carbocycles. The quantitative estimate of drug-likeness (QED) is 0.883. The maximum Gasteiger partial charge on any atom is 0.105 e. The summed E-state index contributed by atoms with van der Waals surface area (Å²) in [5, 5.41) is 3.60. The van der Waals surface area contributed by atoms with Gasteiger partial charge >= 0.3 is 0 Å². The highest BCUT2D eigenvalue weighted by Gasteiger charge is 2.26. The summed E-state index contributed by atoms with van der Waals surface area (Å²) in [6.07, 6.45) is 2.62. The van der Waals surface area contributed by atoms with E-state index in [-0.39, 0.29) is 0 Å². The minimum atomic E-state index is 0.417. The van der Waals surface area contributed by atoms with Crippen LogP contribution in [0.4, 0.5) is 0 Å². The van der Waals surface area contributed by atoms with Crippen LogP contribution >= 0.6 is 0 Å². The van der Waals surface area contributed by atoms with Crippen LogP contribution in [0.2, 0.25) is 0 Å². The number of hydrogen-bond acceptors (Lipinski definition) is 3. The predicted octanol–water partition coefficient (Wildman–Crippen LogP) is 3.42. The third-order valence-electron chi connectivity index (χ3n) is 4.28. The normalized spacial score (nSPS) is 21.5. The topological polar surface area (TPSA) is 28.4 Å². The number of nitrogens with zero attached hydrogens (tertiary/aromatic N) is 1. The average Bonchev–Trinajstić information content (AvgIpc) is 2.94. The minimum Gasteiger partial charge on any atom is -0.466 e. The number of nitrogens with one attached hydrogen (secondary N) is 1. The molecule has 0 aromatic carbocycles. The second-order valence-electron chi connectivity index (χ2n) is 6.13. The van der Waals surface area contributed by atoms with Gasteiger partial charge in [0.2, 0.25) is 0 Å². The molecule has 1 saturated heterocycles. The van der Waals surface area contributed by atoms with Crippen LogP contribution in [-0.4, -0.2) is 30.1 Å². The zero-order valence-corrected chi connectivity index (χ0v) is 13.0. The molecule has 19 heavy (non-hydrogen) atoms. The van der Waals surface area contributed by atoms with Crippen molar-refractivity contribution in [1.29, 1.82) is 0 Å². The molecule has 1 aromatic rings. The van der Waals surface area contributed by atoms with Crippen molar-refractivity contribution in [2.45, 2.75) is 65.6 Å². The molecule has 3 heteroatoms. The summed E-state index contributed by atoms with van der Waals surface area (Å²) >= 11 is 0. The van der Waals surface area contributed by atoms with E-state index in [9.17, 15) is 0 Å². The number of aryl methyl sites for hydroxylation is 2. The van der Waals surface area contributed by atoms with Crippen molar-refractivity contribution < 1.29 is 4.42 Å². The standard InChI is InChI=1S/C16H28N2O/c1-11(2)18(10-15-7-6-8-17-15)13(4)16-9-12(3)19-14(16)5/h9,11,13,15,17H,6-8,10H2,1-5H3. The second kappa shape index (κ2) is 6.10. The molecule has 1 aromatic heterocycles. The lowest BCUT2D eigenvalue weighted by atomic mass is 10.0. The highest BCUT2D eigenvalue weighted by atomic mass is 16.3. The molecule has 0 spiro atoms. The number of rotatable bonds is 5. The van der Waals surface area contributed by atoms with E-state index in [0.29, 0.717) is 18.1 Å². The number of hydrogen-bond donors (Lipinski definition) is 1. The van der Waals surface area contributed by atoms with Crippen LogP contribution in [0.1, 0.15) is 56.7 Å². The molecule has 1 fully saturated rings. The van der Waals surface area contributed by atoms with Gasteiger partial charge in [0.15, 0.2) is 0 Å². The van der Waals surface area contributed by atoms with Gasteiger partial charge in [-0.1, -0.05) is 0 Å². The van der Waals surface area contributed by atoms with E-state index < -0.39 is 0 Å². The fourth-order valence-electron chi connectivity index (χ4n) is 3.23. The van der Waals surface area contributed by atoms with Gasteiger partial charge in [-0.3, -0.25) is 4.90 Å². The monoisotopic (exact) mass is 264 g/mol. The number of furan rings is 1. The van der Waals surface area contributed by atoms with E-state index >= 15 is 0 Å². The summed E-state index contributed by atoms with van der Waals surface area (Å²) < 4.78 is 5.69. The molecular formula is C16H28N2O. The summed E-state index contributed by atoms with van der Waals surface area (Å²) in [5.41, 5.74) is 1.34. The Morgan fingerprint density at radius 3 is 2.58 bits per heavy atom. The minimum absolute atomic E-state index is 0.417. The van der Waals surface area contributed by atoms with Gasteiger partial charge in [-0.15, -0.1) is 0 Å². The van der Waals surface area contributed by atoms with Gasteiger partial charge in [0, 0.05) is 30.2 Å². The maximum atomic E-state index is 5.69. The van der Waals surface area contributed by atoms with Crippen LogP contribution in [0.3, 0.4) is 0 Å². The summed E-state index contributed by atoms with van der Waals surface area (Å²) in [5.74, 6) is 2.08. The largest absolute Gasteiger partial charge is 0.466 e. The van der Waals surface area contributed by atoms with Crippen LogP contribution < -0.4 is 5.32 Å². The fraction of sp³-hybridized carbons (Fsp3) is 0.750. The van der Waals surface area contributed by atoms with Gasteiger partial charge < -0.3 is 9.73 Å². The first-order valence-corrected chi connectivity index (χ1v) is 7.55. The van der Waals surface area contributed by atoms with Crippen molar-refractivity contribution in [3.63, 3.8) is 0 Å². The predicted molar refractivity (Wildman–Crippen MR) is 79.5 cm³/mol. The highest BCUT2D eigenvalue weighted by Crippen LogP contribution is 2.28. The summed E-state index contributed by atoms with van der Waals surface area (Å²) in [6.45, 7) is 13.3. The van der Waals surface area contributed by atoms with Gasteiger partial charge in [-0.25, -0.2) is 0 Å². The molecule has 0 amide bonds. The van der Waals surface area contributed by atoms with Crippen LogP contribution in [0.5, 0.6) is 0 Å². The Labute approximate surface area is 117 Å². The Balaban J connectivity index is 2.11. The van der Waals surface area contributed by atoms with E-state index in [1.54, 1.807) is 0 Å². The zero-order chi connectivity index (χ0) is 14.0. The molecule has 2 unspecified atom stereocenters. The van der Waals surface area contributed by atoms with Gasteiger partial charge in [0.1, 0.15) is 11.5 Å². The third kappa shape index (κ3) is 3.40. The molecular weight excluding hydrogens is 236 g/mol. The van der Waals surface area contributed by atoms with Gasteiger partial charge in [-0.05, 0) is 60.1 Å². The molecule has 2 heterocycles. The summed E-state index contributed by atoms with van der Waals surface area (Å²) in [7, 11) is 0. The first kappa shape index (κ1) is 14.6. The lowest BCUT2D eigenvalue weighted by Crippen LogP contribution is -2.42. The van der Waals surface area contributed by atoms with Crippen LogP contribution in [0.15, 0.2) is 10.5 Å². The maximum absolute atomic E-state index is 5.69. The van der Waals surface area contributed by atoms with E-state index in [2.05, 4.69) is 44.0 Å². The molecule has 2 rings (SSSR count).